The van der Waals surface area contributed by atoms with E-state index in [1.54, 1.807) is 29.2 Å². The number of likely N-dealkylation sites (tertiary alicyclic amines) is 1. The molecule has 0 radical (unpaired) electrons. The molecule has 4 rings (SSSR count). The Morgan fingerprint density at radius 2 is 1.91 bits per heavy atom. The van der Waals surface area contributed by atoms with Crippen LogP contribution in [0.2, 0.25) is 0 Å². The van der Waals surface area contributed by atoms with Gasteiger partial charge in [-0.2, -0.15) is 18.3 Å². The molecule has 1 atom stereocenters. The largest absolute Gasteiger partial charge is 0.490 e. The standard InChI is InChI=1S/C18H21N5O2.C2HF3O2/c1-22-12-14(11-20-22)15-9-16(24)21-18(15)4-7-23(8-5-18)17(25)13-3-2-6-19-10-13;3-2(4,5)1(6)7/h2-3,6,10-12,15H,4-5,7-9H2,1H3,(H,21,24);(H,6,7). The number of carbonyl (C=O) groups excluding carboxylic acids is 2. The molecule has 2 aromatic heterocycles. The van der Waals surface area contributed by atoms with E-state index >= 15 is 0 Å². The molecule has 0 aliphatic carbocycles. The molecule has 32 heavy (non-hydrogen) atoms. The fourth-order valence-electron chi connectivity index (χ4n) is 4.11. The Balaban J connectivity index is 0.000000360. The number of carbonyl (C=O) groups is 3. The molecule has 172 valence electrons. The molecule has 2 saturated heterocycles. The fourth-order valence-corrected chi connectivity index (χ4v) is 4.11. The molecule has 2 aliphatic rings. The minimum atomic E-state index is -5.08. The maximum Gasteiger partial charge on any atom is 0.490 e. The van der Waals surface area contributed by atoms with Gasteiger partial charge in [0.1, 0.15) is 0 Å². The Morgan fingerprint density at radius 1 is 1.25 bits per heavy atom. The van der Waals surface area contributed by atoms with E-state index in [0.717, 1.165) is 18.4 Å². The van der Waals surface area contributed by atoms with E-state index in [1.165, 1.54) is 0 Å². The highest BCUT2D eigenvalue weighted by atomic mass is 19.4. The van der Waals surface area contributed by atoms with Gasteiger partial charge in [0.25, 0.3) is 5.91 Å². The molecule has 4 heterocycles. The number of amides is 2. The van der Waals surface area contributed by atoms with Crippen molar-refractivity contribution in [2.24, 2.45) is 7.05 Å². The number of aromatic nitrogens is 3. The second-order valence-electron chi connectivity index (χ2n) is 7.75. The van der Waals surface area contributed by atoms with Crippen LogP contribution in [-0.4, -0.2) is 67.4 Å². The van der Waals surface area contributed by atoms with Gasteiger partial charge in [-0.05, 0) is 30.5 Å². The summed E-state index contributed by atoms with van der Waals surface area (Å²) in [4.78, 5) is 39.5. The predicted octanol–water partition coefficient (Wildman–Crippen LogP) is 1.73. The van der Waals surface area contributed by atoms with Crippen LogP contribution < -0.4 is 5.32 Å². The number of halogens is 3. The van der Waals surface area contributed by atoms with Crippen molar-refractivity contribution in [3.8, 4) is 0 Å². The minimum Gasteiger partial charge on any atom is -0.475 e. The van der Waals surface area contributed by atoms with Gasteiger partial charge in [-0.1, -0.05) is 0 Å². The second-order valence-corrected chi connectivity index (χ2v) is 7.75. The first-order valence-corrected chi connectivity index (χ1v) is 9.81. The molecular weight excluding hydrogens is 431 g/mol. The normalized spacial score (nSPS) is 19.8. The van der Waals surface area contributed by atoms with Crippen molar-refractivity contribution < 1.29 is 32.7 Å². The third kappa shape index (κ3) is 5.06. The molecule has 2 amide bonds. The van der Waals surface area contributed by atoms with Crippen LogP contribution in [0.3, 0.4) is 0 Å². The van der Waals surface area contributed by atoms with Crippen LogP contribution in [0.25, 0.3) is 0 Å². The Bertz CT molecular complexity index is 985. The van der Waals surface area contributed by atoms with E-state index in [9.17, 15) is 22.8 Å². The number of pyridine rings is 1. The molecule has 9 nitrogen and oxygen atoms in total. The summed E-state index contributed by atoms with van der Waals surface area (Å²) in [5, 5.41) is 14.6. The molecule has 2 aliphatic heterocycles. The summed E-state index contributed by atoms with van der Waals surface area (Å²) in [6.07, 6.45) is 4.01. The summed E-state index contributed by atoms with van der Waals surface area (Å²) >= 11 is 0. The lowest BCUT2D eigenvalue weighted by Gasteiger charge is -2.42. The van der Waals surface area contributed by atoms with Crippen LogP contribution in [0.5, 0.6) is 0 Å². The van der Waals surface area contributed by atoms with E-state index < -0.39 is 12.1 Å². The number of alkyl halides is 3. The monoisotopic (exact) mass is 453 g/mol. The number of nitrogens with one attached hydrogen (secondary N) is 1. The molecule has 2 fully saturated rings. The van der Waals surface area contributed by atoms with Crippen molar-refractivity contribution in [1.82, 2.24) is 25.0 Å². The number of rotatable bonds is 2. The average Bonchev–Trinajstić information content (AvgIpc) is 3.31. The predicted molar refractivity (Wildman–Crippen MR) is 105 cm³/mol. The minimum absolute atomic E-state index is 0.00482. The van der Waals surface area contributed by atoms with E-state index in [4.69, 9.17) is 9.90 Å². The van der Waals surface area contributed by atoms with Gasteiger partial charge in [0.05, 0.1) is 17.3 Å². The van der Waals surface area contributed by atoms with Gasteiger partial charge in [0, 0.05) is 51.1 Å². The van der Waals surface area contributed by atoms with Gasteiger partial charge >= 0.3 is 12.1 Å². The quantitative estimate of drug-likeness (QED) is 0.715. The molecular formula is C20H22F3N5O4. The summed E-state index contributed by atoms with van der Waals surface area (Å²) in [6, 6.07) is 3.56. The Kier molecular flexibility index (Phi) is 6.51. The topological polar surface area (TPSA) is 117 Å². The lowest BCUT2D eigenvalue weighted by Crippen LogP contribution is -2.54. The first kappa shape index (κ1) is 23.2. The van der Waals surface area contributed by atoms with Gasteiger partial charge in [-0.3, -0.25) is 19.3 Å². The van der Waals surface area contributed by atoms with Crippen LogP contribution in [-0.2, 0) is 16.6 Å². The summed E-state index contributed by atoms with van der Waals surface area (Å²) in [6.45, 7) is 1.26. The van der Waals surface area contributed by atoms with Crippen LogP contribution in [0.4, 0.5) is 13.2 Å². The first-order chi connectivity index (χ1) is 15.0. The van der Waals surface area contributed by atoms with Gasteiger partial charge in [0.2, 0.25) is 5.91 Å². The number of aliphatic carboxylic acids is 1. The van der Waals surface area contributed by atoms with Gasteiger partial charge in [0.15, 0.2) is 0 Å². The molecule has 1 spiro atoms. The fraction of sp³-hybridized carbons (Fsp3) is 0.450. The third-order valence-electron chi connectivity index (χ3n) is 5.67. The summed E-state index contributed by atoms with van der Waals surface area (Å²) < 4.78 is 33.5. The zero-order valence-electron chi connectivity index (χ0n) is 17.2. The van der Waals surface area contributed by atoms with E-state index in [-0.39, 0.29) is 23.3 Å². The molecule has 2 N–H and O–H groups in total. The van der Waals surface area contributed by atoms with Gasteiger partial charge < -0.3 is 15.3 Å². The number of nitrogens with zero attached hydrogens (tertiary/aromatic N) is 4. The zero-order valence-corrected chi connectivity index (χ0v) is 17.2. The Labute approximate surface area is 181 Å². The summed E-state index contributed by atoms with van der Waals surface area (Å²) in [5.74, 6) is -2.55. The SMILES string of the molecule is Cn1cc(C2CC(=O)NC23CCN(C(=O)c2cccnc2)CC3)cn1.O=C(O)C(F)(F)F. The molecule has 12 heteroatoms. The lowest BCUT2D eigenvalue weighted by molar-refractivity contribution is -0.192. The van der Waals surface area contributed by atoms with E-state index in [1.807, 2.05) is 24.3 Å². The summed E-state index contributed by atoms with van der Waals surface area (Å²) in [5.41, 5.74) is 1.43. The number of carboxylic acid groups (broad SMARTS) is 1. The van der Waals surface area contributed by atoms with Crippen molar-refractivity contribution in [3.05, 3.63) is 48.0 Å². The zero-order chi connectivity index (χ0) is 23.5. The van der Waals surface area contributed by atoms with Crippen molar-refractivity contribution in [3.63, 3.8) is 0 Å². The Hall–Kier alpha value is -3.44. The highest BCUT2D eigenvalue weighted by Crippen LogP contribution is 2.43. The van der Waals surface area contributed by atoms with E-state index in [2.05, 4.69) is 15.4 Å². The van der Waals surface area contributed by atoms with Crippen molar-refractivity contribution >= 4 is 17.8 Å². The van der Waals surface area contributed by atoms with Gasteiger partial charge in [-0.25, -0.2) is 4.79 Å². The van der Waals surface area contributed by atoms with Crippen LogP contribution >= 0.6 is 0 Å². The number of hydrogen-bond acceptors (Lipinski definition) is 5. The number of hydrogen-bond donors (Lipinski definition) is 2. The summed E-state index contributed by atoms with van der Waals surface area (Å²) in [7, 11) is 1.88. The number of aryl methyl sites for hydroxylation is 1. The average molecular weight is 453 g/mol. The molecule has 2 aromatic rings. The van der Waals surface area contributed by atoms with E-state index in [0.29, 0.717) is 25.1 Å². The van der Waals surface area contributed by atoms with Crippen molar-refractivity contribution in [2.45, 2.75) is 36.9 Å². The molecule has 0 aromatic carbocycles. The number of carboxylic acids is 1. The maximum atomic E-state index is 12.6. The van der Waals surface area contributed by atoms with Crippen molar-refractivity contribution in [1.29, 1.82) is 0 Å². The highest BCUT2D eigenvalue weighted by molar-refractivity contribution is 5.94. The smallest absolute Gasteiger partial charge is 0.475 e. The first-order valence-electron chi connectivity index (χ1n) is 9.81. The second kappa shape index (κ2) is 8.97. The van der Waals surface area contributed by atoms with Crippen LogP contribution in [0, 0.1) is 0 Å². The highest BCUT2D eigenvalue weighted by Gasteiger charge is 2.49. The third-order valence-corrected chi connectivity index (χ3v) is 5.67. The molecule has 1 unspecified atom stereocenters. The molecule has 0 bridgehead atoms. The lowest BCUT2D eigenvalue weighted by atomic mass is 9.75. The van der Waals surface area contributed by atoms with Gasteiger partial charge in [-0.15, -0.1) is 0 Å². The van der Waals surface area contributed by atoms with Crippen LogP contribution in [0.1, 0.15) is 41.1 Å². The molecule has 0 saturated carbocycles. The van der Waals surface area contributed by atoms with Crippen molar-refractivity contribution in [2.75, 3.05) is 13.1 Å². The Morgan fingerprint density at radius 3 is 2.41 bits per heavy atom. The van der Waals surface area contributed by atoms with Crippen LogP contribution in [0.15, 0.2) is 36.9 Å². The number of piperidine rings is 1. The maximum absolute atomic E-state index is 12.6.